The molecule has 5 heteroatoms. The molecule has 146 valence electrons. The van der Waals surface area contributed by atoms with Crippen LogP contribution < -0.4 is 10.2 Å². The minimum absolute atomic E-state index is 0.00375. The summed E-state index contributed by atoms with van der Waals surface area (Å²) >= 11 is 0. The lowest BCUT2D eigenvalue weighted by Gasteiger charge is -2.17. The third-order valence-electron chi connectivity index (χ3n) is 5.12. The number of hydrogen-bond acceptors (Lipinski definition) is 3. The minimum Gasteiger partial charge on any atom is -0.326 e. The van der Waals surface area contributed by atoms with Gasteiger partial charge in [0.1, 0.15) is 0 Å². The summed E-state index contributed by atoms with van der Waals surface area (Å²) in [7, 11) is 0. The van der Waals surface area contributed by atoms with E-state index in [9.17, 15) is 9.59 Å². The molecule has 1 N–H and O–H groups in total. The Morgan fingerprint density at radius 1 is 1.03 bits per heavy atom. The largest absolute Gasteiger partial charge is 0.326 e. The van der Waals surface area contributed by atoms with Gasteiger partial charge in [-0.1, -0.05) is 24.3 Å². The maximum Gasteiger partial charge on any atom is 0.258 e. The number of aryl methyl sites for hydroxylation is 1. The standard InChI is InChI=1S/C24H23N3O2/c28-23(10-4-6-18-7-5-14-25-17-18)26-21-11-12-22-20(16-21)13-15-27(22)24(29)19-8-2-1-3-9-19/h1-3,5,7-9,11-12,14,16-17H,4,6,10,13,15H2,(H,26,28). The van der Waals surface area contributed by atoms with Crippen molar-refractivity contribution in [2.75, 3.05) is 16.8 Å². The average Bonchev–Trinajstić information content (AvgIpc) is 3.18. The van der Waals surface area contributed by atoms with Crippen molar-refractivity contribution in [1.29, 1.82) is 0 Å². The van der Waals surface area contributed by atoms with Gasteiger partial charge in [-0.05, 0) is 66.8 Å². The second-order valence-corrected chi connectivity index (χ2v) is 7.18. The molecule has 2 aromatic carbocycles. The highest BCUT2D eigenvalue weighted by Crippen LogP contribution is 2.31. The summed E-state index contributed by atoms with van der Waals surface area (Å²) in [5.74, 6) is 0.0144. The van der Waals surface area contributed by atoms with Crippen LogP contribution in [0.5, 0.6) is 0 Å². The number of pyridine rings is 1. The van der Waals surface area contributed by atoms with Crippen molar-refractivity contribution in [2.45, 2.75) is 25.7 Å². The van der Waals surface area contributed by atoms with Crippen molar-refractivity contribution >= 4 is 23.2 Å². The molecule has 0 atom stereocenters. The normalized spacial score (nSPS) is 12.5. The number of anilines is 2. The highest BCUT2D eigenvalue weighted by molar-refractivity contribution is 6.07. The predicted molar refractivity (Wildman–Crippen MR) is 114 cm³/mol. The number of nitrogens with zero attached hydrogens (tertiary/aromatic N) is 2. The molecule has 0 saturated heterocycles. The molecule has 1 aromatic heterocycles. The Bertz CT molecular complexity index is 1000. The lowest BCUT2D eigenvalue weighted by molar-refractivity contribution is -0.116. The van der Waals surface area contributed by atoms with E-state index in [-0.39, 0.29) is 11.8 Å². The van der Waals surface area contributed by atoms with Gasteiger partial charge in [0.15, 0.2) is 0 Å². The summed E-state index contributed by atoms with van der Waals surface area (Å²) < 4.78 is 0. The van der Waals surface area contributed by atoms with E-state index in [1.807, 2.05) is 71.8 Å². The van der Waals surface area contributed by atoms with Crippen LogP contribution in [0.15, 0.2) is 73.1 Å². The first-order valence-corrected chi connectivity index (χ1v) is 9.89. The zero-order valence-corrected chi connectivity index (χ0v) is 16.2. The van der Waals surface area contributed by atoms with Crippen LogP contribution in [0.4, 0.5) is 11.4 Å². The number of benzene rings is 2. The smallest absolute Gasteiger partial charge is 0.258 e. The van der Waals surface area contributed by atoms with Crippen molar-refractivity contribution in [3.8, 4) is 0 Å². The Morgan fingerprint density at radius 3 is 2.69 bits per heavy atom. The molecule has 5 nitrogen and oxygen atoms in total. The van der Waals surface area contributed by atoms with Crippen LogP contribution in [-0.2, 0) is 17.6 Å². The average molecular weight is 385 g/mol. The maximum absolute atomic E-state index is 12.8. The topological polar surface area (TPSA) is 62.3 Å². The number of aromatic nitrogens is 1. The Morgan fingerprint density at radius 2 is 1.90 bits per heavy atom. The Labute approximate surface area is 170 Å². The molecule has 29 heavy (non-hydrogen) atoms. The van der Waals surface area contributed by atoms with Gasteiger partial charge in [0, 0.05) is 42.3 Å². The first kappa shape index (κ1) is 18.9. The summed E-state index contributed by atoms with van der Waals surface area (Å²) in [5.41, 5.74) is 4.62. The SMILES string of the molecule is O=C(CCCc1cccnc1)Nc1ccc2c(c1)CCN2C(=O)c1ccccc1. The number of fused-ring (bicyclic) bond motifs is 1. The van der Waals surface area contributed by atoms with Crippen LogP contribution in [0.1, 0.15) is 34.3 Å². The summed E-state index contributed by atoms with van der Waals surface area (Å²) in [5, 5.41) is 2.98. The van der Waals surface area contributed by atoms with Gasteiger partial charge in [-0.25, -0.2) is 0 Å². The van der Waals surface area contributed by atoms with Crippen LogP contribution in [0.25, 0.3) is 0 Å². The predicted octanol–water partition coefficient (Wildman–Crippen LogP) is 4.25. The van der Waals surface area contributed by atoms with Gasteiger partial charge in [0.05, 0.1) is 0 Å². The Hall–Kier alpha value is -3.47. The number of nitrogens with one attached hydrogen (secondary N) is 1. The quantitative estimate of drug-likeness (QED) is 0.690. The summed E-state index contributed by atoms with van der Waals surface area (Å²) in [4.78, 5) is 30.9. The number of carbonyl (C=O) groups excluding carboxylic acids is 2. The lowest BCUT2D eigenvalue weighted by atomic mass is 10.1. The van der Waals surface area contributed by atoms with Crippen LogP contribution in [0, 0.1) is 0 Å². The second kappa shape index (κ2) is 8.69. The van der Waals surface area contributed by atoms with E-state index < -0.39 is 0 Å². The summed E-state index contributed by atoms with van der Waals surface area (Å²) in [6.45, 7) is 0.658. The van der Waals surface area contributed by atoms with E-state index in [1.54, 1.807) is 6.20 Å². The van der Waals surface area contributed by atoms with E-state index in [0.29, 0.717) is 18.5 Å². The molecule has 2 heterocycles. The van der Waals surface area contributed by atoms with Crippen molar-refractivity contribution in [1.82, 2.24) is 4.98 Å². The van der Waals surface area contributed by atoms with Crippen LogP contribution >= 0.6 is 0 Å². The fourth-order valence-electron chi connectivity index (χ4n) is 3.65. The molecule has 0 aliphatic carbocycles. The number of carbonyl (C=O) groups is 2. The highest BCUT2D eigenvalue weighted by Gasteiger charge is 2.25. The van der Waals surface area contributed by atoms with Crippen LogP contribution in [-0.4, -0.2) is 23.3 Å². The third-order valence-corrected chi connectivity index (χ3v) is 5.12. The van der Waals surface area contributed by atoms with Gasteiger partial charge >= 0.3 is 0 Å². The van der Waals surface area contributed by atoms with Crippen molar-refractivity contribution in [3.63, 3.8) is 0 Å². The molecule has 0 saturated carbocycles. The highest BCUT2D eigenvalue weighted by atomic mass is 16.2. The molecular weight excluding hydrogens is 362 g/mol. The first-order valence-electron chi connectivity index (χ1n) is 9.89. The van der Waals surface area contributed by atoms with Gasteiger partial charge in [-0.3, -0.25) is 14.6 Å². The number of amides is 2. The molecule has 1 aliphatic rings. The Kier molecular flexibility index (Phi) is 5.66. The molecule has 0 radical (unpaired) electrons. The number of hydrogen-bond donors (Lipinski definition) is 1. The zero-order valence-electron chi connectivity index (χ0n) is 16.2. The molecule has 4 rings (SSSR count). The van der Waals surface area contributed by atoms with Gasteiger partial charge in [0.2, 0.25) is 5.91 Å². The monoisotopic (exact) mass is 385 g/mol. The van der Waals surface area contributed by atoms with Crippen molar-refractivity contribution in [3.05, 3.63) is 89.7 Å². The molecule has 0 unspecified atom stereocenters. The van der Waals surface area contributed by atoms with Crippen molar-refractivity contribution < 1.29 is 9.59 Å². The molecule has 0 fully saturated rings. The van der Waals surface area contributed by atoms with Gasteiger partial charge in [-0.2, -0.15) is 0 Å². The van der Waals surface area contributed by atoms with Gasteiger partial charge < -0.3 is 10.2 Å². The fraction of sp³-hybridized carbons (Fsp3) is 0.208. The van der Waals surface area contributed by atoms with Gasteiger partial charge in [-0.15, -0.1) is 0 Å². The molecule has 2 amide bonds. The molecule has 0 spiro atoms. The molecular formula is C24H23N3O2. The maximum atomic E-state index is 12.8. The van der Waals surface area contributed by atoms with Crippen LogP contribution in [0.2, 0.25) is 0 Å². The van der Waals surface area contributed by atoms with E-state index in [1.165, 1.54) is 0 Å². The fourth-order valence-corrected chi connectivity index (χ4v) is 3.65. The van der Waals surface area contributed by atoms with E-state index >= 15 is 0 Å². The molecule has 3 aromatic rings. The van der Waals surface area contributed by atoms with E-state index in [2.05, 4.69) is 10.3 Å². The van der Waals surface area contributed by atoms with E-state index in [0.717, 1.165) is 41.8 Å². The lowest BCUT2D eigenvalue weighted by Crippen LogP contribution is -2.28. The minimum atomic E-state index is 0.00375. The van der Waals surface area contributed by atoms with Crippen molar-refractivity contribution in [2.24, 2.45) is 0 Å². The third kappa shape index (κ3) is 4.51. The molecule has 0 bridgehead atoms. The second-order valence-electron chi connectivity index (χ2n) is 7.18. The number of rotatable bonds is 6. The van der Waals surface area contributed by atoms with Gasteiger partial charge in [0.25, 0.3) is 5.91 Å². The van der Waals surface area contributed by atoms with Crippen LogP contribution in [0.3, 0.4) is 0 Å². The Balaban J connectivity index is 1.35. The summed E-state index contributed by atoms with van der Waals surface area (Å²) in [6.07, 6.45) is 6.45. The zero-order chi connectivity index (χ0) is 20.1. The molecule has 1 aliphatic heterocycles. The summed E-state index contributed by atoms with van der Waals surface area (Å²) in [6, 6.07) is 19.0. The first-order chi connectivity index (χ1) is 14.2. The van der Waals surface area contributed by atoms with E-state index in [4.69, 9.17) is 0 Å².